The summed E-state index contributed by atoms with van der Waals surface area (Å²) >= 11 is 0. The second-order valence-electron chi connectivity index (χ2n) is 2.66. The van der Waals surface area contributed by atoms with E-state index in [0.29, 0.717) is 11.0 Å². The SMILES string of the molecule is COC(=O)c1noc2ccc(F)cc12. The molecule has 2 aromatic rings. The van der Waals surface area contributed by atoms with Gasteiger partial charge in [0.05, 0.1) is 12.5 Å². The molecule has 0 aliphatic rings. The van der Waals surface area contributed by atoms with Crippen molar-refractivity contribution in [1.82, 2.24) is 5.16 Å². The fourth-order valence-corrected chi connectivity index (χ4v) is 1.15. The number of methoxy groups -OCH3 is 1. The summed E-state index contributed by atoms with van der Waals surface area (Å²) in [7, 11) is 1.22. The van der Waals surface area contributed by atoms with Crippen LogP contribution in [-0.2, 0) is 4.74 Å². The first-order valence-corrected chi connectivity index (χ1v) is 3.85. The number of fused-ring (bicyclic) bond motifs is 1. The first-order valence-electron chi connectivity index (χ1n) is 3.85. The smallest absolute Gasteiger partial charge is 0.360 e. The van der Waals surface area contributed by atoms with Crippen LogP contribution in [0.3, 0.4) is 0 Å². The van der Waals surface area contributed by atoms with E-state index in [1.54, 1.807) is 0 Å². The highest BCUT2D eigenvalue weighted by Gasteiger charge is 2.16. The fourth-order valence-electron chi connectivity index (χ4n) is 1.15. The lowest BCUT2D eigenvalue weighted by Gasteiger charge is -1.92. The third kappa shape index (κ3) is 1.22. The van der Waals surface area contributed by atoms with Crippen molar-refractivity contribution in [1.29, 1.82) is 0 Å². The quantitative estimate of drug-likeness (QED) is 0.650. The Bertz CT molecular complexity index is 492. The summed E-state index contributed by atoms with van der Waals surface area (Å²) in [5, 5.41) is 3.81. The van der Waals surface area contributed by atoms with E-state index in [4.69, 9.17) is 4.52 Å². The summed E-state index contributed by atoms with van der Waals surface area (Å²) < 4.78 is 22.1. The van der Waals surface area contributed by atoms with Crippen LogP contribution in [0.1, 0.15) is 10.5 Å². The lowest BCUT2D eigenvalue weighted by molar-refractivity contribution is 0.0591. The third-order valence-corrected chi connectivity index (χ3v) is 1.81. The van der Waals surface area contributed by atoms with E-state index in [-0.39, 0.29) is 5.69 Å². The van der Waals surface area contributed by atoms with Crippen LogP contribution < -0.4 is 0 Å². The van der Waals surface area contributed by atoms with E-state index in [9.17, 15) is 9.18 Å². The van der Waals surface area contributed by atoms with Crippen molar-refractivity contribution < 1.29 is 18.4 Å². The molecule has 0 bridgehead atoms. The van der Waals surface area contributed by atoms with Gasteiger partial charge in [-0.15, -0.1) is 0 Å². The number of aromatic nitrogens is 1. The minimum atomic E-state index is -0.644. The molecule has 0 fully saturated rings. The highest BCUT2D eigenvalue weighted by atomic mass is 19.1. The average molecular weight is 195 g/mol. The summed E-state index contributed by atoms with van der Waals surface area (Å²) in [4.78, 5) is 11.1. The molecule has 0 aliphatic carbocycles. The van der Waals surface area contributed by atoms with Gasteiger partial charge in [-0.25, -0.2) is 9.18 Å². The topological polar surface area (TPSA) is 52.3 Å². The average Bonchev–Trinajstić information content (AvgIpc) is 2.59. The van der Waals surface area contributed by atoms with Gasteiger partial charge in [0.15, 0.2) is 11.3 Å². The minimum Gasteiger partial charge on any atom is -0.464 e. The van der Waals surface area contributed by atoms with Crippen molar-refractivity contribution in [2.24, 2.45) is 0 Å². The number of hydrogen-bond acceptors (Lipinski definition) is 4. The molecule has 0 radical (unpaired) electrons. The van der Waals surface area contributed by atoms with Gasteiger partial charge in [0.25, 0.3) is 0 Å². The van der Waals surface area contributed by atoms with E-state index in [1.807, 2.05) is 0 Å². The van der Waals surface area contributed by atoms with Crippen molar-refractivity contribution in [2.45, 2.75) is 0 Å². The first-order chi connectivity index (χ1) is 6.72. The molecule has 0 saturated heterocycles. The van der Waals surface area contributed by atoms with Crippen LogP contribution >= 0.6 is 0 Å². The Morgan fingerprint density at radius 3 is 3.07 bits per heavy atom. The van der Waals surface area contributed by atoms with Crippen LogP contribution in [-0.4, -0.2) is 18.2 Å². The largest absolute Gasteiger partial charge is 0.464 e. The standard InChI is InChI=1S/C9H6FNO3/c1-13-9(12)8-6-4-5(10)2-3-7(6)14-11-8/h2-4H,1H3. The van der Waals surface area contributed by atoms with Gasteiger partial charge in [-0.05, 0) is 18.2 Å². The number of ether oxygens (including phenoxy) is 1. The number of hydrogen-bond donors (Lipinski definition) is 0. The van der Waals surface area contributed by atoms with Gasteiger partial charge in [-0.3, -0.25) is 0 Å². The summed E-state index contributed by atoms with van der Waals surface area (Å²) in [5.41, 5.74) is 0.341. The molecule has 5 heteroatoms. The Kier molecular flexibility index (Phi) is 1.92. The molecule has 0 N–H and O–H groups in total. The van der Waals surface area contributed by atoms with E-state index >= 15 is 0 Å². The van der Waals surface area contributed by atoms with Crippen molar-refractivity contribution in [3.05, 3.63) is 29.7 Å². The van der Waals surface area contributed by atoms with Crippen molar-refractivity contribution in [2.75, 3.05) is 7.11 Å². The first kappa shape index (κ1) is 8.68. The van der Waals surface area contributed by atoms with Crippen molar-refractivity contribution in [3.8, 4) is 0 Å². The number of rotatable bonds is 1. The molecule has 1 aromatic heterocycles. The minimum absolute atomic E-state index is 0.0120. The number of esters is 1. The summed E-state index contributed by atoms with van der Waals surface area (Å²) in [5.74, 6) is -1.10. The molecule has 0 amide bonds. The van der Waals surface area contributed by atoms with Gasteiger partial charge in [0.2, 0.25) is 0 Å². The highest BCUT2D eigenvalue weighted by Crippen LogP contribution is 2.19. The van der Waals surface area contributed by atoms with Gasteiger partial charge in [0.1, 0.15) is 5.82 Å². The Hall–Kier alpha value is -1.91. The number of halogens is 1. The Morgan fingerprint density at radius 2 is 2.36 bits per heavy atom. The molecule has 2 rings (SSSR count). The Labute approximate surface area is 78.2 Å². The summed E-state index contributed by atoms with van der Waals surface area (Å²) in [6.07, 6.45) is 0. The van der Waals surface area contributed by atoms with Gasteiger partial charge in [-0.1, -0.05) is 5.16 Å². The number of nitrogens with zero attached hydrogens (tertiary/aromatic N) is 1. The summed E-state index contributed by atoms with van der Waals surface area (Å²) in [6.45, 7) is 0. The number of carbonyl (C=O) groups excluding carboxylic acids is 1. The second-order valence-corrected chi connectivity index (χ2v) is 2.66. The van der Waals surface area contributed by atoms with Crippen LogP contribution in [0.25, 0.3) is 11.0 Å². The molecule has 0 unspecified atom stereocenters. The van der Waals surface area contributed by atoms with E-state index < -0.39 is 11.8 Å². The van der Waals surface area contributed by atoms with Crippen molar-refractivity contribution in [3.63, 3.8) is 0 Å². The molecule has 72 valence electrons. The molecule has 14 heavy (non-hydrogen) atoms. The zero-order valence-corrected chi connectivity index (χ0v) is 7.28. The normalized spacial score (nSPS) is 10.4. The molecular weight excluding hydrogens is 189 g/mol. The predicted molar refractivity (Wildman–Crippen MR) is 45.3 cm³/mol. The Morgan fingerprint density at radius 1 is 1.57 bits per heavy atom. The van der Waals surface area contributed by atoms with Crippen LogP contribution in [0, 0.1) is 5.82 Å². The van der Waals surface area contributed by atoms with Gasteiger partial charge in [-0.2, -0.15) is 0 Å². The van der Waals surface area contributed by atoms with Crippen LogP contribution in [0.5, 0.6) is 0 Å². The maximum atomic E-state index is 12.8. The van der Waals surface area contributed by atoms with Crippen molar-refractivity contribution >= 4 is 16.9 Å². The Balaban J connectivity index is 2.67. The molecule has 4 nitrogen and oxygen atoms in total. The van der Waals surface area contributed by atoms with Gasteiger partial charge in [0, 0.05) is 0 Å². The lowest BCUT2D eigenvalue weighted by Crippen LogP contribution is -2.01. The zero-order chi connectivity index (χ0) is 10.1. The second kappa shape index (κ2) is 3.10. The van der Waals surface area contributed by atoms with Gasteiger partial charge >= 0.3 is 5.97 Å². The molecule has 0 saturated carbocycles. The molecular formula is C9H6FNO3. The maximum Gasteiger partial charge on any atom is 0.360 e. The zero-order valence-electron chi connectivity index (χ0n) is 7.28. The summed E-state index contributed by atoms with van der Waals surface area (Å²) in [6, 6.07) is 3.82. The van der Waals surface area contributed by atoms with Crippen LogP contribution in [0.15, 0.2) is 22.7 Å². The molecule has 0 spiro atoms. The van der Waals surface area contributed by atoms with E-state index in [1.165, 1.54) is 25.3 Å². The molecule has 0 atom stereocenters. The molecule has 1 aromatic carbocycles. The number of benzene rings is 1. The van der Waals surface area contributed by atoms with E-state index in [0.717, 1.165) is 0 Å². The van der Waals surface area contributed by atoms with Crippen LogP contribution in [0.4, 0.5) is 4.39 Å². The monoisotopic (exact) mass is 195 g/mol. The molecule has 0 aliphatic heterocycles. The van der Waals surface area contributed by atoms with Gasteiger partial charge < -0.3 is 9.26 Å². The van der Waals surface area contributed by atoms with E-state index in [2.05, 4.69) is 9.89 Å². The fraction of sp³-hybridized carbons (Fsp3) is 0.111. The predicted octanol–water partition coefficient (Wildman–Crippen LogP) is 1.75. The number of carbonyl (C=O) groups is 1. The van der Waals surface area contributed by atoms with Crippen LogP contribution in [0.2, 0.25) is 0 Å². The maximum absolute atomic E-state index is 12.8. The molecule has 1 heterocycles. The highest BCUT2D eigenvalue weighted by molar-refractivity contribution is 6.00. The third-order valence-electron chi connectivity index (χ3n) is 1.81. The lowest BCUT2D eigenvalue weighted by atomic mass is 10.2.